The highest BCUT2D eigenvalue weighted by atomic mass is 16.5. The van der Waals surface area contributed by atoms with Crippen LogP contribution in [0, 0.1) is 0 Å². The monoisotopic (exact) mass is 411 g/mol. The average molecular weight is 411 g/mol. The van der Waals surface area contributed by atoms with Crippen molar-refractivity contribution in [2.24, 2.45) is 0 Å². The van der Waals surface area contributed by atoms with Crippen LogP contribution >= 0.6 is 0 Å². The quantitative estimate of drug-likeness (QED) is 0.449. The fraction of sp³-hybridized carbons (Fsp3) is 0.125. The maximum Gasteiger partial charge on any atom is 0.258 e. The highest BCUT2D eigenvalue weighted by Gasteiger charge is 2.28. The molecule has 0 atom stereocenters. The second kappa shape index (κ2) is 7.95. The standard InChI is InChI=1S/C24H21N5O2/c1-2-17-11-20(8-9-25-17)27-19-6-7-23-16(10-19)14-29(24(23)30)22-5-3-4-18(12-22)28-21-13-26-31-15-21/h3-13,15,28H,2,14H2,1H3,(H,25,27). The van der Waals surface area contributed by atoms with Gasteiger partial charge in [-0.25, -0.2) is 0 Å². The summed E-state index contributed by atoms with van der Waals surface area (Å²) in [6.07, 6.45) is 5.82. The molecular formula is C24H21N5O2. The number of pyridine rings is 1. The first-order valence-electron chi connectivity index (χ1n) is 10.1. The largest absolute Gasteiger partial charge is 0.363 e. The van der Waals surface area contributed by atoms with Crippen LogP contribution in [-0.4, -0.2) is 16.0 Å². The molecule has 31 heavy (non-hydrogen) atoms. The number of amides is 1. The Balaban J connectivity index is 1.36. The Morgan fingerprint density at radius 2 is 1.84 bits per heavy atom. The van der Waals surface area contributed by atoms with Crippen molar-refractivity contribution in [3.63, 3.8) is 0 Å². The van der Waals surface area contributed by atoms with Crippen LogP contribution in [-0.2, 0) is 13.0 Å². The van der Waals surface area contributed by atoms with E-state index in [0.29, 0.717) is 6.54 Å². The van der Waals surface area contributed by atoms with E-state index in [9.17, 15) is 4.79 Å². The van der Waals surface area contributed by atoms with Gasteiger partial charge in [0.1, 0.15) is 6.26 Å². The zero-order chi connectivity index (χ0) is 21.2. The molecule has 0 bridgehead atoms. The van der Waals surface area contributed by atoms with Crippen molar-refractivity contribution < 1.29 is 9.32 Å². The van der Waals surface area contributed by atoms with Crippen molar-refractivity contribution >= 4 is 34.3 Å². The second-order valence-electron chi connectivity index (χ2n) is 7.37. The first-order chi connectivity index (χ1) is 15.2. The number of hydrogen-bond donors (Lipinski definition) is 2. The predicted octanol–water partition coefficient (Wildman–Crippen LogP) is 5.28. The number of carbonyl (C=O) groups excluding carboxylic acids is 1. The van der Waals surface area contributed by atoms with E-state index in [1.54, 1.807) is 17.3 Å². The third-order valence-electron chi connectivity index (χ3n) is 5.26. The molecule has 0 aliphatic carbocycles. The first-order valence-corrected chi connectivity index (χ1v) is 10.1. The zero-order valence-corrected chi connectivity index (χ0v) is 17.0. The molecule has 7 heteroatoms. The number of benzene rings is 2. The molecule has 154 valence electrons. The van der Waals surface area contributed by atoms with Crippen molar-refractivity contribution in [3.8, 4) is 0 Å². The van der Waals surface area contributed by atoms with E-state index < -0.39 is 0 Å². The zero-order valence-electron chi connectivity index (χ0n) is 17.0. The van der Waals surface area contributed by atoms with Crippen molar-refractivity contribution in [3.05, 3.63) is 90.1 Å². The molecule has 4 aromatic rings. The summed E-state index contributed by atoms with van der Waals surface area (Å²) >= 11 is 0. The number of hydrogen-bond acceptors (Lipinski definition) is 6. The number of nitrogens with zero attached hydrogens (tertiary/aromatic N) is 3. The Morgan fingerprint density at radius 1 is 1.00 bits per heavy atom. The van der Waals surface area contributed by atoms with Crippen LogP contribution in [0.3, 0.4) is 0 Å². The number of aryl methyl sites for hydroxylation is 1. The van der Waals surface area contributed by atoms with Gasteiger partial charge in [-0.3, -0.25) is 9.78 Å². The van der Waals surface area contributed by atoms with E-state index in [1.165, 1.54) is 6.26 Å². The van der Waals surface area contributed by atoms with E-state index in [0.717, 1.165) is 51.7 Å². The SMILES string of the molecule is CCc1cc(Nc2ccc3c(c2)CN(c2cccc(Nc4cnoc4)c2)C3=O)ccn1. The highest BCUT2D eigenvalue weighted by molar-refractivity contribution is 6.10. The maximum atomic E-state index is 13.0. The van der Waals surface area contributed by atoms with Gasteiger partial charge in [-0.1, -0.05) is 18.1 Å². The van der Waals surface area contributed by atoms with E-state index in [-0.39, 0.29) is 5.91 Å². The van der Waals surface area contributed by atoms with Gasteiger partial charge in [-0.05, 0) is 60.5 Å². The Hall–Kier alpha value is -4.13. The lowest BCUT2D eigenvalue weighted by Gasteiger charge is -2.17. The molecule has 1 amide bonds. The second-order valence-corrected chi connectivity index (χ2v) is 7.37. The Labute approximate surface area is 179 Å². The minimum absolute atomic E-state index is 0.000795. The molecule has 7 nitrogen and oxygen atoms in total. The molecule has 2 aromatic carbocycles. The fourth-order valence-corrected chi connectivity index (χ4v) is 3.71. The van der Waals surface area contributed by atoms with Gasteiger partial charge in [0.25, 0.3) is 5.91 Å². The summed E-state index contributed by atoms with van der Waals surface area (Å²) in [5.41, 5.74) is 7.14. The van der Waals surface area contributed by atoms with Gasteiger partial charge in [0.05, 0.1) is 18.4 Å². The van der Waals surface area contributed by atoms with Crippen LogP contribution in [0.1, 0.15) is 28.5 Å². The summed E-state index contributed by atoms with van der Waals surface area (Å²) in [5.74, 6) is 0.000795. The molecule has 3 heterocycles. The third kappa shape index (κ3) is 3.85. The molecule has 2 N–H and O–H groups in total. The normalized spacial score (nSPS) is 12.7. The highest BCUT2D eigenvalue weighted by Crippen LogP contribution is 2.32. The molecule has 0 saturated heterocycles. The van der Waals surface area contributed by atoms with Crippen molar-refractivity contribution in [1.82, 2.24) is 10.1 Å². The predicted molar refractivity (Wildman–Crippen MR) is 120 cm³/mol. The summed E-state index contributed by atoms with van der Waals surface area (Å²) in [6, 6.07) is 17.6. The first kappa shape index (κ1) is 18.9. The fourth-order valence-electron chi connectivity index (χ4n) is 3.71. The molecule has 0 unspecified atom stereocenters. The van der Waals surface area contributed by atoms with Gasteiger partial charge in [0.15, 0.2) is 0 Å². The Morgan fingerprint density at radius 3 is 2.68 bits per heavy atom. The van der Waals surface area contributed by atoms with Gasteiger partial charge >= 0.3 is 0 Å². The topological polar surface area (TPSA) is 83.3 Å². The molecule has 0 fully saturated rings. The molecule has 0 saturated carbocycles. The lowest BCUT2D eigenvalue weighted by molar-refractivity contribution is 0.0996. The van der Waals surface area contributed by atoms with E-state index in [1.807, 2.05) is 54.6 Å². The smallest absolute Gasteiger partial charge is 0.258 e. The number of rotatable bonds is 6. The van der Waals surface area contributed by atoms with Crippen LogP contribution < -0.4 is 15.5 Å². The summed E-state index contributed by atoms with van der Waals surface area (Å²) in [7, 11) is 0. The van der Waals surface area contributed by atoms with Gasteiger partial charge in [0.2, 0.25) is 0 Å². The average Bonchev–Trinajstić information content (AvgIpc) is 3.42. The van der Waals surface area contributed by atoms with Crippen molar-refractivity contribution in [1.29, 1.82) is 0 Å². The maximum absolute atomic E-state index is 13.0. The van der Waals surface area contributed by atoms with Crippen LogP contribution in [0.25, 0.3) is 0 Å². The summed E-state index contributed by atoms with van der Waals surface area (Å²) in [4.78, 5) is 19.2. The summed E-state index contributed by atoms with van der Waals surface area (Å²) in [5, 5.41) is 10.3. The van der Waals surface area contributed by atoms with Crippen molar-refractivity contribution in [2.75, 3.05) is 15.5 Å². The number of aromatic nitrogens is 2. The van der Waals surface area contributed by atoms with Crippen LogP contribution in [0.2, 0.25) is 0 Å². The molecule has 5 rings (SSSR count). The van der Waals surface area contributed by atoms with Gasteiger partial charge in [-0.15, -0.1) is 0 Å². The molecule has 1 aliphatic heterocycles. The minimum Gasteiger partial charge on any atom is -0.363 e. The van der Waals surface area contributed by atoms with Crippen LogP contribution in [0.5, 0.6) is 0 Å². The Kier molecular flexibility index (Phi) is 4.84. The minimum atomic E-state index is 0.000795. The molecular weight excluding hydrogens is 390 g/mol. The van der Waals surface area contributed by atoms with Gasteiger partial charge in [-0.2, -0.15) is 0 Å². The van der Waals surface area contributed by atoms with Crippen molar-refractivity contribution in [2.45, 2.75) is 19.9 Å². The summed E-state index contributed by atoms with van der Waals surface area (Å²) in [6.45, 7) is 2.61. The van der Waals surface area contributed by atoms with E-state index in [2.05, 4.69) is 27.7 Å². The third-order valence-corrected chi connectivity index (χ3v) is 5.26. The lowest BCUT2D eigenvalue weighted by atomic mass is 10.1. The number of nitrogens with one attached hydrogen (secondary N) is 2. The number of carbonyl (C=O) groups is 1. The number of anilines is 5. The van der Waals surface area contributed by atoms with Crippen LogP contribution in [0.4, 0.5) is 28.4 Å². The molecule has 1 aliphatic rings. The Bertz CT molecular complexity index is 1240. The molecule has 0 radical (unpaired) electrons. The van der Waals surface area contributed by atoms with Crippen LogP contribution in [0.15, 0.2) is 77.8 Å². The lowest BCUT2D eigenvalue weighted by Crippen LogP contribution is -2.22. The van der Waals surface area contributed by atoms with Gasteiger partial charge < -0.3 is 20.1 Å². The number of fused-ring (bicyclic) bond motifs is 1. The van der Waals surface area contributed by atoms with Gasteiger partial charge in [0, 0.05) is 40.2 Å². The van der Waals surface area contributed by atoms with E-state index >= 15 is 0 Å². The molecule has 2 aromatic heterocycles. The van der Waals surface area contributed by atoms with E-state index in [4.69, 9.17) is 4.52 Å². The molecule has 0 spiro atoms. The summed E-state index contributed by atoms with van der Waals surface area (Å²) < 4.78 is 4.86.